The first-order chi connectivity index (χ1) is 12.1. The fraction of sp³-hybridized carbons (Fsp3) is 0.300. The molecule has 5 heteroatoms. The van der Waals surface area contributed by atoms with Crippen molar-refractivity contribution < 1.29 is 14.7 Å². The lowest BCUT2D eigenvalue weighted by molar-refractivity contribution is -0.138. The number of anilines is 2. The van der Waals surface area contributed by atoms with E-state index in [0.29, 0.717) is 0 Å². The third-order valence-electron chi connectivity index (χ3n) is 4.53. The number of carbonyl (C=O) groups is 2. The second-order valence-corrected chi connectivity index (χ2v) is 6.36. The molecule has 0 fully saturated rings. The largest absolute Gasteiger partial charge is 0.481 e. The number of aliphatic carboxylic acids is 1. The highest BCUT2D eigenvalue weighted by Gasteiger charge is 2.33. The predicted octanol–water partition coefficient (Wildman–Crippen LogP) is 3.83. The molecule has 2 aromatic carbocycles. The van der Waals surface area contributed by atoms with Crippen molar-refractivity contribution in [3.05, 3.63) is 60.2 Å². The highest BCUT2D eigenvalue weighted by Crippen LogP contribution is 2.39. The van der Waals surface area contributed by atoms with Gasteiger partial charge >= 0.3 is 5.97 Å². The smallest absolute Gasteiger partial charge is 0.303 e. The molecule has 0 spiro atoms. The summed E-state index contributed by atoms with van der Waals surface area (Å²) in [5.41, 5.74) is 2.97. The molecular formula is C20H22N2O3. The van der Waals surface area contributed by atoms with Crippen molar-refractivity contribution in [1.82, 2.24) is 0 Å². The zero-order valence-electron chi connectivity index (χ0n) is 14.2. The Morgan fingerprint density at radius 3 is 2.48 bits per heavy atom. The molecule has 0 aromatic heterocycles. The normalized spacial score (nSPS) is 19.2. The first kappa shape index (κ1) is 17.0. The van der Waals surface area contributed by atoms with Crippen LogP contribution in [0.25, 0.3) is 0 Å². The standard InChI is InChI=1S/C20H22N2O3/c1-14-13-17(21-15-7-3-2-4-8-15)16-9-5-6-10-18(16)22(14)19(23)11-12-20(24)25/h2-10,14,17,21H,11-13H2,1H3,(H,24,25)/t14-,17-/m0/s1. The number of hydrogen-bond acceptors (Lipinski definition) is 3. The van der Waals surface area contributed by atoms with Crippen LogP contribution in [0, 0.1) is 0 Å². The van der Waals surface area contributed by atoms with E-state index in [4.69, 9.17) is 5.11 Å². The molecule has 2 aromatic rings. The monoisotopic (exact) mass is 338 g/mol. The zero-order chi connectivity index (χ0) is 17.8. The van der Waals surface area contributed by atoms with Crippen molar-refractivity contribution in [3.63, 3.8) is 0 Å². The van der Waals surface area contributed by atoms with Crippen molar-refractivity contribution in [2.45, 2.75) is 38.3 Å². The molecule has 1 aliphatic heterocycles. The third kappa shape index (κ3) is 3.82. The van der Waals surface area contributed by atoms with Crippen LogP contribution in [0.15, 0.2) is 54.6 Å². The second-order valence-electron chi connectivity index (χ2n) is 6.36. The van der Waals surface area contributed by atoms with Gasteiger partial charge in [0.15, 0.2) is 0 Å². The van der Waals surface area contributed by atoms with Crippen LogP contribution in [0.4, 0.5) is 11.4 Å². The fourth-order valence-electron chi connectivity index (χ4n) is 3.40. The van der Waals surface area contributed by atoms with Gasteiger partial charge in [0.2, 0.25) is 5.91 Å². The minimum absolute atomic E-state index is 0.00240. The summed E-state index contributed by atoms with van der Waals surface area (Å²) in [5.74, 6) is -1.09. The van der Waals surface area contributed by atoms with E-state index in [9.17, 15) is 9.59 Å². The highest BCUT2D eigenvalue weighted by atomic mass is 16.4. The van der Waals surface area contributed by atoms with E-state index in [-0.39, 0.29) is 30.8 Å². The molecule has 0 saturated carbocycles. The van der Waals surface area contributed by atoms with Crippen molar-refractivity contribution in [2.75, 3.05) is 10.2 Å². The van der Waals surface area contributed by atoms with E-state index in [1.54, 1.807) is 4.90 Å². The van der Waals surface area contributed by atoms with Crippen molar-refractivity contribution in [2.24, 2.45) is 0 Å². The number of nitrogens with one attached hydrogen (secondary N) is 1. The van der Waals surface area contributed by atoms with Crippen molar-refractivity contribution >= 4 is 23.3 Å². The molecule has 0 unspecified atom stereocenters. The van der Waals surface area contributed by atoms with Gasteiger partial charge < -0.3 is 15.3 Å². The molecule has 1 amide bonds. The molecule has 5 nitrogen and oxygen atoms in total. The summed E-state index contributed by atoms with van der Waals surface area (Å²) in [6, 6.07) is 17.9. The summed E-state index contributed by atoms with van der Waals surface area (Å²) in [6.07, 6.45) is 0.644. The summed E-state index contributed by atoms with van der Waals surface area (Å²) in [4.78, 5) is 25.1. The Balaban J connectivity index is 1.87. The molecular weight excluding hydrogens is 316 g/mol. The van der Waals surface area contributed by atoms with Gasteiger partial charge in [-0.25, -0.2) is 0 Å². The first-order valence-corrected chi connectivity index (χ1v) is 8.50. The average Bonchev–Trinajstić information content (AvgIpc) is 2.61. The van der Waals surface area contributed by atoms with Crippen LogP contribution in [0.2, 0.25) is 0 Å². The van der Waals surface area contributed by atoms with Crippen LogP contribution in [0.3, 0.4) is 0 Å². The Hall–Kier alpha value is -2.82. The van der Waals surface area contributed by atoms with E-state index in [1.807, 2.05) is 61.5 Å². The summed E-state index contributed by atoms with van der Waals surface area (Å²) in [7, 11) is 0. The Morgan fingerprint density at radius 1 is 1.08 bits per heavy atom. The third-order valence-corrected chi connectivity index (χ3v) is 4.53. The van der Waals surface area contributed by atoms with Crippen LogP contribution < -0.4 is 10.2 Å². The quantitative estimate of drug-likeness (QED) is 0.869. The zero-order valence-corrected chi connectivity index (χ0v) is 14.2. The van der Waals surface area contributed by atoms with Gasteiger partial charge in [0.25, 0.3) is 0 Å². The van der Waals surface area contributed by atoms with E-state index in [2.05, 4.69) is 5.32 Å². The van der Waals surface area contributed by atoms with Gasteiger partial charge in [0.1, 0.15) is 0 Å². The Labute approximate surface area is 147 Å². The highest BCUT2D eigenvalue weighted by molar-refractivity contribution is 5.96. The Bertz CT molecular complexity index is 761. The summed E-state index contributed by atoms with van der Waals surface area (Å²) in [6.45, 7) is 2.01. The molecule has 0 radical (unpaired) electrons. The predicted molar refractivity (Wildman–Crippen MR) is 97.7 cm³/mol. The molecule has 0 aliphatic carbocycles. The molecule has 0 saturated heterocycles. The van der Waals surface area contributed by atoms with Crippen molar-refractivity contribution in [3.8, 4) is 0 Å². The Morgan fingerprint density at radius 2 is 1.76 bits per heavy atom. The minimum Gasteiger partial charge on any atom is -0.481 e. The van der Waals surface area contributed by atoms with Crippen LogP contribution in [-0.4, -0.2) is 23.0 Å². The van der Waals surface area contributed by atoms with Gasteiger partial charge in [0, 0.05) is 23.8 Å². The van der Waals surface area contributed by atoms with E-state index >= 15 is 0 Å². The maximum atomic E-state index is 12.6. The lowest BCUT2D eigenvalue weighted by atomic mass is 9.91. The average molecular weight is 338 g/mol. The second kappa shape index (κ2) is 7.38. The van der Waals surface area contributed by atoms with E-state index < -0.39 is 5.97 Å². The maximum Gasteiger partial charge on any atom is 0.303 e. The molecule has 2 atom stereocenters. The van der Waals surface area contributed by atoms with Crippen LogP contribution in [0.1, 0.15) is 37.8 Å². The number of carboxylic acid groups (broad SMARTS) is 1. The van der Waals surface area contributed by atoms with Gasteiger partial charge in [-0.2, -0.15) is 0 Å². The lowest BCUT2D eigenvalue weighted by Crippen LogP contribution is -2.44. The van der Waals surface area contributed by atoms with Gasteiger partial charge in [-0.1, -0.05) is 36.4 Å². The molecule has 3 rings (SSSR count). The number of para-hydroxylation sites is 2. The molecule has 1 heterocycles. The number of nitrogens with zero attached hydrogens (tertiary/aromatic N) is 1. The number of amides is 1. The number of carbonyl (C=O) groups excluding carboxylic acids is 1. The van der Waals surface area contributed by atoms with Gasteiger partial charge in [0.05, 0.1) is 12.5 Å². The SMILES string of the molecule is C[C@H]1C[C@H](Nc2ccccc2)c2ccccc2N1C(=O)CCC(=O)O. The minimum atomic E-state index is -0.949. The van der Waals surface area contributed by atoms with Crippen LogP contribution in [-0.2, 0) is 9.59 Å². The maximum absolute atomic E-state index is 12.6. The molecule has 1 aliphatic rings. The first-order valence-electron chi connectivity index (χ1n) is 8.50. The number of rotatable bonds is 5. The molecule has 0 bridgehead atoms. The topological polar surface area (TPSA) is 69.6 Å². The van der Waals surface area contributed by atoms with E-state index in [1.165, 1.54) is 0 Å². The van der Waals surface area contributed by atoms with Crippen molar-refractivity contribution in [1.29, 1.82) is 0 Å². The molecule has 25 heavy (non-hydrogen) atoms. The van der Waals surface area contributed by atoms with Crippen LogP contribution >= 0.6 is 0 Å². The van der Waals surface area contributed by atoms with Gasteiger partial charge in [-0.05, 0) is 37.1 Å². The molecule has 130 valence electrons. The summed E-state index contributed by atoms with van der Waals surface area (Å²) >= 11 is 0. The Kier molecular flexibility index (Phi) is 5.03. The van der Waals surface area contributed by atoms with Gasteiger partial charge in [-0.3, -0.25) is 9.59 Å². The molecule has 2 N–H and O–H groups in total. The van der Waals surface area contributed by atoms with Gasteiger partial charge in [-0.15, -0.1) is 0 Å². The summed E-state index contributed by atoms with van der Waals surface area (Å²) in [5, 5.41) is 12.4. The number of hydrogen-bond donors (Lipinski definition) is 2. The van der Waals surface area contributed by atoms with E-state index in [0.717, 1.165) is 23.4 Å². The lowest BCUT2D eigenvalue weighted by Gasteiger charge is -2.40. The van der Waals surface area contributed by atoms with Crippen LogP contribution in [0.5, 0.6) is 0 Å². The number of carboxylic acids is 1. The summed E-state index contributed by atoms with van der Waals surface area (Å²) < 4.78 is 0. The number of fused-ring (bicyclic) bond motifs is 1. The fourth-order valence-corrected chi connectivity index (χ4v) is 3.40. The number of benzene rings is 2.